The van der Waals surface area contributed by atoms with E-state index in [1.165, 1.54) is 0 Å². The van der Waals surface area contributed by atoms with Crippen LogP contribution in [0.2, 0.25) is 0 Å². The molecular formula is C12H18BrNOS. The Hall–Kier alpha value is -0.190. The van der Waals surface area contributed by atoms with Crippen LogP contribution in [0, 0.1) is 0 Å². The summed E-state index contributed by atoms with van der Waals surface area (Å²) in [5.74, 6) is 0.731. The first-order chi connectivity index (χ1) is 7.65. The van der Waals surface area contributed by atoms with Crippen molar-refractivity contribution in [3.8, 4) is 0 Å². The Morgan fingerprint density at radius 3 is 2.75 bits per heavy atom. The zero-order valence-electron chi connectivity index (χ0n) is 9.70. The van der Waals surface area contributed by atoms with E-state index in [1.807, 2.05) is 31.3 Å². The highest BCUT2D eigenvalue weighted by Gasteiger charge is 2.07. The van der Waals surface area contributed by atoms with Gasteiger partial charge in [-0.25, -0.2) is 0 Å². The van der Waals surface area contributed by atoms with E-state index in [-0.39, 0.29) is 0 Å². The van der Waals surface area contributed by atoms with E-state index in [0.29, 0.717) is 6.04 Å². The molecule has 0 saturated carbocycles. The van der Waals surface area contributed by atoms with E-state index >= 15 is 0 Å². The van der Waals surface area contributed by atoms with Crippen LogP contribution in [0.15, 0.2) is 33.6 Å². The Bertz CT molecular complexity index is 357. The van der Waals surface area contributed by atoms with Gasteiger partial charge >= 0.3 is 0 Å². The van der Waals surface area contributed by atoms with Crippen LogP contribution in [-0.4, -0.2) is 23.1 Å². The molecule has 0 aromatic heterocycles. The maximum Gasteiger partial charge on any atom is 0.0541 e. The predicted molar refractivity (Wildman–Crippen MR) is 73.2 cm³/mol. The van der Waals surface area contributed by atoms with Gasteiger partial charge in [-0.05, 0) is 54.9 Å². The minimum absolute atomic E-state index is 0.496. The minimum Gasteiger partial charge on any atom is -0.317 e. The highest BCUT2D eigenvalue weighted by molar-refractivity contribution is 9.10. The number of hydrogen-bond acceptors (Lipinski definition) is 2. The van der Waals surface area contributed by atoms with Crippen molar-refractivity contribution in [2.75, 3.05) is 12.8 Å². The molecule has 0 bridgehead atoms. The molecule has 4 heteroatoms. The molecule has 1 N–H and O–H groups in total. The van der Waals surface area contributed by atoms with Crippen LogP contribution < -0.4 is 5.32 Å². The van der Waals surface area contributed by atoms with Crippen molar-refractivity contribution >= 4 is 26.7 Å². The highest BCUT2D eigenvalue weighted by Crippen LogP contribution is 2.20. The Kier molecular flexibility index (Phi) is 6.24. The van der Waals surface area contributed by atoms with Gasteiger partial charge in [-0.3, -0.25) is 4.21 Å². The smallest absolute Gasteiger partial charge is 0.0541 e. The normalized spacial score (nSPS) is 14.7. The van der Waals surface area contributed by atoms with Crippen LogP contribution in [0.5, 0.6) is 0 Å². The molecule has 0 aliphatic carbocycles. The molecule has 2 unspecified atom stereocenters. The standard InChI is InChI=1S/C12H18BrNOS/c1-10(14-2)6-5-9-16(15)12-8-4-3-7-11(12)13/h3-4,7-8,10,14H,5-6,9H2,1-2H3. The lowest BCUT2D eigenvalue weighted by atomic mass is 10.2. The van der Waals surface area contributed by atoms with Crippen LogP contribution in [0.4, 0.5) is 0 Å². The molecule has 0 amide bonds. The molecule has 0 aliphatic heterocycles. The van der Waals surface area contributed by atoms with Crippen molar-refractivity contribution in [3.05, 3.63) is 28.7 Å². The SMILES string of the molecule is CNC(C)CCCS(=O)c1ccccc1Br. The van der Waals surface area contributed by atoms with Crippen LogP contribution in [-0.2, 0) is 10.8 Å². The quantitative estimate of drug-likeness (QED) is 0.875. The van der Waals surface area contributed by atoms with E-state index in [4.69, 9.17) is 0 Å². The van der Waals surface area contributed by atoms with E-state index in [9.17, 15) is 4.21 Å². The first-order valence-electron chi connectivity index (χ1n) is 5.45. The fraction of sp³-hybridized carbons (Fsp3) is 0.500. The molecule has 0 saturated heterocycles. The first kappa shape index (κ1) is 13.9. The molecule has 2 nitrogen and oxygen atoms in total. The fourth-order valence-electron chi connectivity index (χ4n) is 1.40. The van der Waals surface area contributed by atoms with E-state index in [0.717, 1.165) is 28.0 Å². The molecule has 0 aliphatic rings. The summed E-state index contributed by atoms with van der Waals surface area (Å²) in [5.41, 5.74) is 0. The van der Waals surface area contributed by atoms with Gasteiger partial charge in [0.2, 0.25) is 0 Å². The van der Waals surface area contributed by atoms with E-state index in [2.05, 4.69) is 28.2 Å². The summed E-state index contributed by atoms with van der Waals surface area (Å²) < 4.78 is 12.9. The number of nitrogens with one attached hydrogen (secondary N) is 1. The van der Waals surface area contributed by atoms with Crippen LogP contribution in [0.25, 0.3) is 0 Å². The average molecular weight is 304 g/mol. The van der Waals surface area contributed by atoms with Crippen LogP contribution in [0.1, 0.15) is 19.8 Å². The molecule has 1 rings (SSSR count). The van der Waals surface area contributed by atoms with Crippen LogP contribution in [0.3, 0.4) is 0 Å². The molecule has 1 aromatic carbocycles. The third-order valence-electron chi connectivity index (χ3n) is 2.54. The predicted octanol–water partition coefficient (Wildman–Crippen LogP) is 2.94. The van der Waals surface area contributed by atoms with Gasteiger partial charge in [0.1, 0.15) is 0 Å². The largest absolute Gasteiger partial charge is 0.317 e. The lowest BCUT2D eigenvalue weighted by molar-refractivity contribution is 0.557. The number of hydrogen-bond donors (Lipinski definition) is 1. The van der Waals surface area contributed by atoms with Gasteiger partial charge in [-0.1, -0.05) is 12.1 Å². The van der Waals surface area contributed by atoms with Crippen molar-refractivity contribution < 1.29 is 4.21 Å². The molecule has 16 heavy (non-hydrogen) atoms. The fourth-order valence-corrected chi connectivity index (χ4v) is 3.40. The molecule has 0 spiro atoms. The van der Waals surface area contributed by atoms with Gasteiger partial charge in [0, 0.05) is 16.3 Å². The second kappa shape index (κ2) is 7.20. The molecule has 90 valence electrons. The molecule has 0 fully saturated rings. The Morgan fingerprint density at radius 1 is 1.44 bits per heavy atom. The average Bonchev–Trinajstić information content (AvgIpc) is 2.29. The summed E-state index contributed by atoms with van der Waals surface area (Å²) in [7, 11) is 1.07. The van der Waals surface area contributed by atoms with Gasteiger partial charge < -0.3 is 5.32 Å². The van der Waals surface area contributed by atoms with Crippen molar-refractivity contribution in [1.29, 1.82) is 0 Å². The summed E-state index contributed by atoms with van der Waals surface area (Å²) in [6.07, 6.45) is 2.04. The first-order valence-corrected chi connectivity index (χ1v) is 7.56. The third kappa shape index (κ3) is 4.36. The molecule has 2 atom stereocenters. The van der Waals surface area contributed by atoms with E-state index in [1.54, 1.807) is 0 Å². The third-order valence-corrected chi connectivity index (χ3v) is 5.00. The van der Waals surface area contributed by atoms with Gasteiger partial charge in [0.15, 0.2) is 0 Å². The van der Waals surface area contributed by atoms with Gasteiger partial charge in [0.05, 0.1) is 15.7 Å². The molecule has 0 heterocycles. The lowest BCUT2D eigenvalue weighted by Gasteiger charge is -2.09. The van der Waals surface area contributed by atoms with Crippen molar-refractivity contribution in [2.45, 2.75) is 30.7 Å². The van der Waals surface area contributed by atoms with Crippen LogP contribution >= 0.6 is 15.9 Å². The summed E-state index contributed by atoms with van der Waals surface area (Å²) in [6.45, 7) is 2.14. The Morgan fingerprint density at radius 2 is 2.12 bits per heavy atom. The maximum atomic E-state index is 12.0. The molecule has 1 aromatic rings. The second-order valence-electron chi connectivity index (χ2n) is 3.81. The van der Waals surface area contributed by atoms with Crippen molar-refractivity contribution in [1.82, 2.24) is 5.32 Å². The van der Waals surface area contributed by atoms with Crippen molar-refractivity contribution in [3.63, 3.8) is 0 Å². The number of halogens is 1. The summed E-state index contributed by atoms with van der Waals surface area (Å²) in [6, 6.07) is 8.21. The summed E-state index contributed by atoms with van der Waals surface area (Å²) in [5, 5.41) is 3.18. The monoisotopic (exact) mass is 303 g/mol. The Balaban J connectivity index is 2.44. The highest BCUT2D eigenvalue weighted by atomic mass is 79.9. The topological polar surface area (TPSA) is 29.1 Å². The zero-order valence-corrected chi connectivity index (χ0v) is 12.1. The summed E-state index contributed by atoms with van der Waals surface area (Å²) >= 11 is 3.43. The molecule has 0 radical (unpaired) electrons. The Labute approximate surface area is 108 Å². The van der Waals surface area contributed by atoms with Gasteiger partial charge in [0.25, 0.3) is 0 Å². The van der Waals surface area contributed by atoms with Crippen molar-refractivity contribution in [2.24, 2.45) is 0 Å². The summed E-state index contributed by atoms with van der Waals surface area (Å²) in [4.78, 5) is 0.902. The minimum atomic E-state index is -0.888. The van der Waals surface area contributed by atoms with E-state index < -0.39 is 10.8 Å². The van der Waals surface area contributed by atoms with Gasteiger partial charge in [-0.2, -0.15) is 0 Å². The zero-order chi connectivity index (χ0) is 12.0. The number of benzene rings is 1. The lowest BCUT2D eigenvalue weighted by Crippen LogP contribution is -2.21. The maximum absolute atomic E-state index is 12.0. The number of rotatable bonds is 6. The second-order valence-corrected chi connectivity index (χ2v) is 6.21. The van der Waals surface area contributed by atoms with Gasteiger partial charge in [-0.15, -0.1) is 0 Å². The molecular weight excluding hydrogens is 286 g/mol.